The molecule has 2 rings (SSSR count). The molecule has 0 unspecified atom stereocenters. The van der Waals surface area contributed by atoms with Gasteiger partial charge >= 0.3 is 5.97 Å². The minimum Gasteiger partial charge on any atom is -0.475 e. The third kappa shape index (κ3) is 3.17. The Balaban J connectivity index is 2.12. The highest BCUT2D eigenvalue weighted by Gasteiger charge is 2.10. The van der Waals surface area contributed by atoms with Gasteiger partial charge in [0, 0.05) is 4.47 Å². The van der Waals surface area contributed by atoms with Crippen LogP contribution in [0.25, 0.3) is 0 Å². The zero-order chi connectivity index (χ0) is 14.0. The molecule has 0 saturated carbocycles. The molecule has 100 valence electrons. The molecule has 5 heteroatoms. The lowest BCUT2D eigenvalue weighted by molar-refractivity contribution is 0.0660. The van der Waals surface area contributed by atoms with Crippen LogP contribution >= 0.6 is 15.9 Å². The molecule has 2 N–H and O–H groups in total. The van der Waals surface area contributed by atoms with Gasteiger partial charge in [0.05, 0.1) is 12.2 Å². The average Bonchev–Trinajstić information content (AvgIpc) is 2.76. The summed E-state index contributed by atoms with van der Waals surface area (Å²) in [5.74, 6) is -0.514. The minimum atomic E-state index is -1.06. The number of hydrogen-bond donors (Lipinski definition) is 2. The summed E-state index contributed by atoms with van der Waals surface area (Å²) in [5.41, 5.74) is 3.29. The zero-order valence-corrected chi connectivity index (χ0v) is 12.2. The van der Waals surface area contributed by atoms with Crippen molar-refractivity contribution in [2.24, 2.45) is 0 Å². The van der Waals surface area contributed by atoms with Crippen molar-refractivity contribution < 1.29 is 14.3 Å². The standard InChI is InChI=1S/C14H14BrNO3/c1-8-5-9(2)13(11(15)6-8)16-7-10-3-4-12(19-10)14(17)18/h3-6,16H,7H2,1-2H3,(H,17,18). The van der Waals surface area contributed by atoms with Crippen LogP contribution in [0.2, 0.25) is 0 Å². The quantitative estimate of drug-likeness (QED) is 0.893. The van der Waals surface area contributed by atoms with E-state index >= 15 is 0 Å². The van der Waals surface area contributed by atoms with Crippen molar-refractivity contribution in [1.82, 2.24) is 0 Å². The van der Waals surface area contributed by atoms with E-state index in [4.69, 9.17) is 9.52 Å². The second-order valence-electron chi connectivity index (χ2n) is 4.36. The summed E-state index contributed by atoms with van der Waals surface area (Å²) >= 11 is 3.51. The maximum atomic E-state index is 10.7. The SMILES string of the molecule is Cc1cc(C)c(NCc2ccc(C(=O)O)o2)c(Br)c1. The average molecular weight is 324 g/mol. The third-order valence-corrected chi connectivity index (χ3v) is 3.37. The third-order valence-electron chi connectivity index (χ3n) is 2.74. The Bertz CT molecular complexity index is 596. The van der Waals surface area contributed by atoms with Gasteiger partial charge in [0.25, 0.3) is 0 Å². The van der Waals surface area contributed by atoms with E-state index in [9.17, 15) is 4.79 Å². The van der Waals surface area contributed by atoms with Gasteiger partial charge in [0.1, 0.15) is 5.76 Å². The van der Waals surface area contributed by atoms with E-state index in [0.717, 1.165) is 15.7 Å². The number of carbonyl (C=O) groups is 1. The van der Waals surface area contributed by atoms with Gasteiger partial charge in [0.15, 0.2) is 0 Å². The largest absolute Gasteiger partial charge is 0.475 e. The van der Waals surface area contributed by atoms with Crippen LogP contribution in [-0.4, -0.2) is 11.1 Å². The number of hydrogen-bond acceptors (Lipinski definition) is 3. The van der Waals surface area contributed by atoms with Gasteiger partial charge in [-0.3, -0.25) is 0 Å². The van der Waals surface area contributed by atoms with Crippen LogP contribution in [0, 0.1) is 13.8 Å². The summed E-state index contributed by atoms with van der Waals surface area (Å²) < 4.78 is 6.17. The molecule has 0 aliphatic carbocycles. The van der Waals surface area contributed by atoms with Crippen LogP contribution in [0.5, 0.6) is 0 Å². The number of aryl methyl sites for hydroxylation is 2. The fourth-order valence-electron chi connectivity index (χ4n) is 1.90. The van der Waals surface area contributed by atoms with Crippen molar-refractivity contribution in [3.05, 3.63) is 51.4 Å². The van der Waals surface area contributed by atoms with Crippen LogP contribution < -0.4 is 5.32 Å². The fourth-order valence-corrected chi connectivity index (χ4v) is 2.72. The fraction of sp³-hybridized carbons (Fsp3) is 0.214. The monoisotopic (exact) mass is 323 g/mol. The lowest BCUT2D eigenvalue weighted by Crippen LogP contribution is -2.01. The number of carboxylic acids is 1. The molecule has 0 fully saturated rings. The van der Waals surface area contributed by atoms with Gasteiger partial charge in [-0.25, -0.2) is 4.79 Å². The summed E-state index contributed by atoms with van der Waals surface area (Å²) in [6.07, 6.45) is 0. The molecule has 0 atom stereocenters. The highest BCUT2D eigenvalue weighted by atomic mass is 79.9. The first kappa shape index (κ1) is 13.7. The molecule has 1 aromatic carbocycles. The second kappa shape index (κ2) is 5.48. The number of nitrogens with one attached hydrogen (secondary N) is 1. The zero-order valence-electron chi connectivity index (χ0n) is 10.7. The molecule has 0 spiro atoms. The summed E-state index contributed by atoms with van der Waals surface area (Å²) in [5, 5.41) is 12.0. The highest BCUT2D eigenvalue weighted by Crippen LogP contribution is 2.28. The first-order valence-corrected chi connectivity index (χ1v) is 6.59. The van der Waals surface area contributed by atoms with Crippen LogP contribution in [0.1, 0.15) is 27.4 Å². The number of furan rings is 1. The molecule has 4 nitrogen and oxygen atoms in total. The first-order valence-electron chi connectivity index (χ1n) is 5.80. The molecule has 0 amide bonds. The van der Waals surface area contributed by atoms with Crippen molar-refractivity contribution in [3.8, 4) is 0 Å². The van der Waals surface area contributed by atoms with Crippen molar-refractivity contribution in [2.45, 2.75) is 20.4 Å². The molecule has 19 heavy (non-hydrogen) atoms. The van der Waals surface area contributed by atoms with Crippen molar-refractivity contribution in [1.29, 1.82) is 0 Å². The van der Waals surface area contributed by atoms with Gasteiger partial charge in [-0.1, -0.05) is 6.07 Å². The van der Waals surface area contributed by atoms with E-state index in [1.54, 1.807) is 6.07 Å². The lowest BCUT2D eigenvalue weighted by atomic mass is 10.1. The van der Waals surface area contributed by atoms with E-state index < -0.39 is 5.97 Å². The Morgan fingerprint density at radius 1 is 1.37 bits per heavy atom. The maximum absolute atomic E-state index is 10.7. The molecule has 1 aromatic heterocycles. The van der Waals surface area contributed by atoms with Crippen LogP contribution in [0.15, 0.2) is 33.2 Å². The maximum Gasteiger partial charge on any atom is 0.371 e. The van der Waals surface area contributed by atoms with Crippen molar-refractivity contribution >= 4 is 27.6 Å². The predicted molar refractivity (Wildman–Crippen MR) is 76.6 cm³/mol. The van der Waals surface area contributed by atoms with Gasteiger partial charge < -0.3 is 14.8 Å². The van der Waals surface area contributed by atoms with E-state index in [1.165, 1.54) is 11.6 Å². The number of rotatable bonds is 4. The summed E-state index contributed by atoms with van der Waals surface area (Å²) in [4.78, 5) is 10.7. The Kier molecular flexibility index (Phi) is 3.95. The van der Waals surface area contributed by atoms with Gasteiger partial charge in [-0.2, -0.15) is 0 Å². The van der Waals surface area contributed by atoms with Gasteiger partial charge in [-0.05, 0) is 59.1 Å². The summed E-state index contributed by atoms with van der Waals surface area (Å²) in [6, 6.07) is 7.22. The molecule has 0 aliphatic heterocycles. The van der Waals surface area contributed by atoms with E-state index in [-0.39, 0.29) is 5.76 Å². The highest BCUT2D eigenvalue weighted by molar-refractivity contribution is 9.10. The molecular weight excluding hydrogens is 310 g/mol. The second-order valence-corrected chi connectivity index (χ2v) is 5.22. The Morgan fingerprint density at radius 2 is 2.11 bits per heavy atom. The Morgan fingerprint density at radius 3 is 2.68 bits per heavy atom. The molecule has 0 aliphatic rings. The Labute approximate surface area is 119 Å². The van der Waals surface area contributed by atoms with Gasteiger partial charge in [-0.15, -0.1) is 0 Å². The van der Waals surface area contributed by atoms with Crippen molar-refractivity contribution in [3.63, 3.8) is 0 Å². The molecule has 0 radical (unpaired) electrons. The van der Waals surface area contributed by atoms with Crippen LogP contribution in [0.4, 0.5) is 5.69 Å². The number of benzene rings is 1. The lowest BCUT2D eigenvalue weighted by Gasteiger charge is -2.11. The smallest absolute Gasteiger partial charge is 0.371 e. The summed E-state index contributed by atoms with van der Waals surface area (Å²) in [7, 11) is 0. The predicted octanol–water partition coefficient (Wildman–Crippen LogP) is 3.97. The molecule has 2 aromatic rings. The van der Waals surface area contributed by atoms with E-state index in [0.29, 0.717) is 12.3 Å². The molecule has 1 heterocycles. The van der Waals surface area contributed by atoms with Crippen LogP contribution in [0.3, 0.4) is 0 Å². The summed E-state index contributed by atoms with van der Waals surface area (Å²) in [6.45, 7) is 4.49. The van der Waals surface area contributed by atoms with Gasteiger partial charge in [0.2, 0.25) is 5.76 Å². The molecule has 0 saturated heterocycles. The Hall–Kier alpha value is -1.75. The normalized spacial score (nSPS) is 10.5. The minimum absolute atomic E-state index is 0.0449. The van der Waals surface area contributed by atoms with E-state index in [2.05, 4.69) is 27.3 Å². The molecular formula is C14H14BrNO3. The topological polar surface area (TPSA) is 62.5 Å². The molecule has 0 bridgehead atoms. The number of halogens is 1. The number of anilines is 1. The number of carboxylic acid groups (broad SMARTS) is 1. The number of aromatic carboxylic acids is 1. The first-order chi connectivity index (χ1) is 8.97. The van der Waals surface area contributed by atoms with E-state index in [1.807, 2.05) is 19.9 Å². The van der Waals surface area contributed by atoms with Crippen LogP contribution in [-0.2, 0) is 6.54 Å². The van der Waals surface area contributed by atoms with Crippen molar-refractivity contribution in [2.75, 3.05) is 5.32 Å².